The molecule has 1 fully saturated rings. The van der Waals surface area contributed by atoms with E-state index in [0.717, 1.165) is 16.5 Å². The third kappa shape index (κ3) is 1.90. The topological polar surface area (TPSA) is 36.3 Å². The van der Waals surface area contributed by atoms with Crippen LogP contribution in [-0.2, 0) is 9.31 Å². The molecule has 6 heteroatoms. The first-order valence-electron chi connectivity index (χ1n) is 6.33. The van der Waals surface area contributed by atoms with Crippen LogP contribution in [0.2, 0.25) is 0 Å². The summed E-state index contributed by atoms with van der Waals surface area (Å²) in [5, 5.41) is 1.01. The summed E-state index contributed by atoms with van der Waals surface area (Å²) in [6.07, 6.45) is 3.66. The molecule has 0 atom stereocenters. The summed E-state index contributed by atoms with van der Waals surface area (Å²) < 4.78 is 13.9. The van der Waals surface area contributed by atoms with Crippen molar-refractivity contribution in [2.24, 2.45) is 0 Å². The Hall–Kier alpha value is -0.975. The monoisotopic (exact) mass is 276 g/mol. The quantitative estimate of drug-likeness (QED) is 0.639. The second kappa shape index (κ2) is 4.01. The highest BCUT2D eigenvalue weighted by Crippen LogP contribution is 2.37. The summed E-state index contributed by atoms with van der Waals surface area (Å²) in [6.45, 7) is 8.19. The van der Waals surface area contributed by atoms with E-state index in [2.05, 4.69) is 17.8 Å². The van der Waals surface area contributed by atoms with Crippen molar-refractivity contribution >= 4 is 36.4 Å². The Labute approximate surface area is 118 Å². The molecular weight excluding hydrogens is 259 g/mol. The normalized spacial score (nSPS) is 21.2. The molecule has 0 amide bonds. The Kier molecular flexibility index (Phi) is 2.75. The van der Waals surface area contributed by atoms with Gasteiger partial charge in [-0.05, 0) is 39.8 Å². The predicted octanol–water partition coefficient (Wildman–Crippen LogP) is 2.03. The van der Waals surface area contributed by atoms with E-state index in [4.69, 9.17) is 9.31 Å². The third-order valence-electron chi connectivity index (χ3n) is 4.08. The molecular formula is C13H17BN2O2S. The summed E-state index contributed by atoms with van der Waals surface area (Å²) in [5.74, 6) is 0. The lowest BCUT2D eigenvalue weighted by atomic mass is 9.79. The van der Waals surface area contributed by atoms with Crippen LogP contribution in [-0.4, -0.2) is 27.3 Å². The van der Waals surface area contributed by atoms with Crippen molar-refractivity contribution in [2.75, 3.05) is 0 Å². The highest BCUT2D eigenvalue weighted by atomic mass is 32.1. The molecule has 0 saturated carbocycles. The fourth-order valence-electron chi connectivity index (χ4n) is 2.23. The van der Waals surface area contributed by atoms with Crippen LogP contribution in [0.1, 0.15) is 27.7 Å². The molecule has 1 aliphatic rings. The number of fused-ring (bicyclic) bond motifs is 1. The number of hydrogen-bond acceptors (Lipinski definition) is 4. The summed E-state index contributed by atoms with van der Waals surface area (Å²) in [7, 11) is -0.384. The van der Waals surface area contributed by atoms with Crippen LogP contribution in [0.15, 0.2) is 24.5 Å². The van der Waals surface area contributed by atoms with Crippen LogP contribution in [0.4, 0.5) is 0 Å². The largest absolute Gasteiger partial charge is 0.497 e. The minimum atomic E-state index is -0.384. The van der Waals surface area contributed by atoms with Crippen LogP contribution in [0.3, 0.4) is 0 Å². The van der Waals surface area contributed by atoms with Gasteiger partial charge in [0.05, 0.1) is 11.2 Å². The molecule has 0 unspecified atom stereocenters. The molecule has 2 aromatic rings. The van der Waals surface area contributed by atoms with Gasteiger partial charge in [0.25, 0.3) is 0 Å². The van der Waals surface area contributed by atoms with Crippen molar-refractivity contribution < 1.29 is 9.31 Å². The Morgan fingerprint density at radius 3 is 2.47 bits per heavy atom. The van der Waals surface area contributed by atoms with Crippen molar-refractivity contribution in [3.8, 4) is 0 Å². The zero-order valence-electron chi connectivity index (χ0n) is 11.5. The minimum absolute atomic E-state index is 0.342. The van der Waals surface area contributed by atoms with E-state index in [0.29, 0.717) is 0 Å². The van der Waals surface area contributed by atoms with Gasteiger partial charge in [-0.3, -0.25) is 3.97 Å². The number of hydrogen-bond donors (Lipinski definition) is 1. The summed E-state index contributed by atoms with van der Waals surface area (Å²) in [5.41, 5.74) is 1.10. The van der Waals surface area contributed by atoms with E-state index in [-0.39, 0.29) is 18.3 Å². The molecule has 0 bridgehead atoms. The molecule has 0 aromatic carbocycles. The van der Waals surface area contributed by atoms with E-state index >= 15 is 0 Å². The van der Waals surface area contributed by atoms with Crippen molar-refractivity contribution in [1.82, 2.24) is 8.96 Å². The average Bonchev–Trinajstić information content (AvgIpc) is 2.76. The van der Waals surface area contributed by atoms with Crippen LogP contribution in [0.25, 0.3) is 11.0 Å². The lowest BCUT2D eigenvalue weighted by Crippen LogP contribution is -2.41. The first kappa shape index (κ1) is 13.0. The van der Waals surface area contributed by atoms with Crippen molar-refractivity contribution in [1.29, 1.82) is 0 Å². The van der Waals surface area contributed by atoms with Gasteiger partial charge >= 0.3 is 7.12 Å². The van der Waals surface area contributed by atoms with E-state index < -0.39 is 0 Å². The van der Waals surface area contributed by atoms with Gasteiger partial charge in [0.2, 0.25) is 0 Å². The van der Waals surface area contributed by atoms with E-state index in [9.17, 15) is 0 Å². The van der Waals surface area contributed by atoms with Gasteiger partial charge in [-0.1, -0.05) is 12.8 Å². The van der Waals surface area contributed by atoms with Gasteiger partial charge in [0.1, 0.15) is 5.65 Å². The fraction of sp³-hybridized carbons (Fsp3) is 0.462. The van der Waals surface area contributed by atoms with E-state index in [1.54, 1.807) is 10.2 Å². The molecule has 0 N–H and O–H groups in total. The molecule has 1 saturated heterocycles. The number of rotatable bonds is 1. The van der Waals surface area contributed by atoms with E-state index in [1.807, 2.05) is 46.0 Å². The first-order chi connectivity index (χ1) is 8.82. The van der Waals surface area contributed by atoms with Crippen LogP contribution >= 0.6 is 12.8 Å². The number of pyridine rings is 1. The van der Waals surface area contributed by atoms with Gasteiger partial charge in [-0.15, -0.1) is 0 Å². The van der Waals surface area contributed by atoms with Gasteiger partial charge in [0.15, 0.2) is 0 Å². The van der Waals surface area contributed by atoms with Gasteiger partial charge < -0.3 is 9.31 Å². The molecule has 3 heterocycles. The minimum Gasteiger partial charge on any atom is -0.399 e. The second-order valence-corrected chi connectivity index (χ2v) is 6.32. The van der Waals surface area contributed by atoms with Crippen LogP contribution < -0.4 is 5.46 Å². The molecule has 2 aromatic heterocycles. The standard InChI is InChI=1S/C13H17BN2O2S/c1-12(2)13(3,4)18-14(17-12)10-8-16(19)11-9(10)6-5-7-15-11/h5-8,19H,1-4H3. The zero-order chi connectivity index (χ0) is 13.8. The third-order valence-corrected chi connectivity index (χ3v) is 4.39. The Morgan fingerprint density at radius 2 is 1.84 bits per heavy atom. The smallest absolute Gasteiger partial charge is 0.399 e. The number of aromatic nitrogens is 2. The molecule has 0 aliphatic carbocycles. The molecule has 0 radical (unpaired) electrons. The fourth-order valence-corrected chi connectivity index (χ4v) is 2.51. The molecule has 1 aliphatic heterocycles. The Morgan fingerprint density at radius 1 is 1.21 bits per heavy atom. The molecule has 4 nitrogen and oxygen atoms in total. The van der Waals surface area contributed by atoms with Gasteiger partial charge in [-0.25, -0.2) is 4.98 Å². The SMILES string of the molecule is CC1(C)OB(c2cn(S)c3ncccc23)OC1(C)C. The van der Waals surface area contributed by atoms with Crippen molar-refractivity contribution in [3.05, 3.63) is 24.5 Å². The Bertz CT molecular complexity index is 623. The maximum absolute atomic E-state index is 6.07. The maximum atomic E-state index is 6.07. The highest BCUT2D eigenvalue weighted by Gasteiger charge is 2.52. The van der Waals surface area contributed by atoms with Crippen molar-refractivity contribution in [2.45, 2.75) is 38.9 Å². The highest BCUT2D eigenvalue weighted by molar-refractivity contribution is 7.78. The van der Waals surface area contributed by atoms with E-state index in [1.165, 1.54) is 0 Å². The van der Waals surface area contributed by atoms with Crippen LogP contribution in [0, 0.1) is 0 Å². The lowest BCUT2D eigenvalue weighted by molar-refractivity contribution is 0.00578. The second-order valence-electron chi connectivity index (χ2n) is 5.89. The van der Waals surface area contributed by atoms with Gasteiger partial charge in [0, 0.05) is 23.2 Å². The molecule has 100 valence electrons. The number of nitrogens with zero attached hydrogens (tertiary/aromatic N) is 2. The van der Waals surface area contributed by atoms with Gasteiger partial charge in [-0.2, -0.15) is 0 Å². The summed E-state index contributed by atoms with van der Waals surface area (Å²) in [6, 6.07) is 3.92. The Balaban J connectivity index is 2.08. The molecule has 3 rings (SSSR count). The molecule has 0 spiro atoms. The zero-order valence-corrected chi connectivity index (χ0v) is 12.4. The number of thiol groups is 1. The van der Waals surface area contributed by atoms with Crippen LogP contribution in [0.5, 0.6) is 0 Å². The average molecular weight is 276 g/mol. The lowest BCUT2D eigenvalue weighted by Gasteiger charge is -2.32. The molecule has 19 heavy (non-hydrogen) atoms. The summed E-state index contributed by atoms with van der Waals surface area (Å²) >= 11 is 4.39. The maximum Gasteiger partial charge on any atom is 0.497 e. The predicted molar refractivity (Wildman–Crippen MR) is 79.8 cm³/mol. The first-order valence-corrected chi connectivity index (χ1v) is 6.73. The van der Waals surface area contributed by atoms with Crippen molar-refractivity contribution in [3.63, 3.8) is 0 Å². The summed E-state index contributed by atoms with van der Waals surface area (Å²) in [4.78, 5) is 4.32.